The number of aromatic amines is 1. The van der Waals surface area contributed by atoms with Crippen molar-refractivity contribution in [2.24, 2.45) is 0 Å². The first-order valence-corrected chi connectivity index (χ1v) is 7.07. The van der Waals surface area contributed by atoms with Gasteiger partial charge in [-0.1, -0.05) is 18.2 Å². The highest BCUT2D eigenvalue weighted by Gasteiger charge is 2.16. The highest BCUT2D eigenvalue weighted by molar-refractivity contribution is 5.85. The van der Waals surface area contributed by atoms with E-state index in [0.29, 0.717) is 11.4 Å². The van der Waals surface area contributed by atoms with E-state index in [1.807, 2.05) is 6.07 Å². The van der Waals surface area contributed by atoms with Crippen LogP contribution in [-0.2, 0) is 0 Å². The van der Waals surface area contributed by atoms with Gasteiger partial charge in [-0.05, 0) is 24.3 Å². The topological polar surface area (TPSA) is 120 Å². The lowest BCUT2D eigenvalue weighted by atomic mass is 10.3. The fourth-order valence-corrected chi connectivity index (χ4v) is 2.46. The zero-order valence-corrected chi connectivity index (χ0v) is 12.3. The molecular formula is C16H11N5O3. The van der Waals surface area contributed by atoms with Crippen LogP contribution in [0.1, 0.15) is 0 Å². The van der Waals surface area contributed by atoms with Gasteiger partial charge in [0, 0.05) is 0 Å². The van der Waals surface area contributed by atoms with Crippen molar-refractivity contribution in [2.45, 2.75) is 0 Å². The van der Waals surface area contributed by atoms with Crippen molar-refractivity contribution in [1.29, 1.82) is 0 Å². The van der Waals surface area contributed by atoms with Crippen LogP contribution in [-0.4, -0.2) is 19.5 Å². The lowest BCUT2D eigenvalue weighted by molar-refractivity contribution is 0.577. The Morgan fingerprint density at radius 1 is 1.00 bits per heavy atom. The van der Waals surface area contributed by atoms with Gasteiger partial charge in [0.25, 0.3) is 5.56 Å². The number of benzene rings is 1. The Bertz CT molecular complexity index is 1140. The van der Waals surface area contributed by atoms with Crippen molar-refractivity contribution >= 4 is 16.9 Å². The third kappa shape index (κ3) is 2.09. The maximum atomic E-state index is 12.3. The lowest BCUT2D eigenvalue weighted by Crippen LogP contribution is -2.27. The molecule has 0 amide bonds. The van der Waals surface area contributed by atoms with E-state index in [1.165, 1.54) is 10.8 Å². The molecule has 0 radical (unpaired) electrons. The summed E-state index contributed by atoms with van der Waals surface area (Å²) in [4.78, 5) is 35.2. The van der Waals surface area contributed by atoms with Crippen LogP contribution in [0.25, 0.3) is 28.3 Å². The monoisotopic (exact) mass is 321 g/mol. The summed E-state index contributed by atoms with van der Waals surface area (Å²) in [6.07, 6.45) is 1.46. The first-order valence-electron chi connectivity index (χ1n) is 7.07. The van der Waals surface area contributed by atoms with Crippen LogP contribution >= 0.6 is 0 Å². The number of H-pyrrole nitrogens is 1. The molecule has 3 N–H and O–H groups in total. The number of nitrogen functional groups attached to an aromatic ring is 1. The van der Waals surface area contributed by atoms with Gasteiger partial charge in [0.2, 0.25) is 0 Å². The summed E-state index contributed by atoms with van der Waals surface area (Å²) in [5.41, 5.74) is 5.47. The molecule has 0 spiro atoms. The molecule has 8 nitrogen and oxygen atoms in total. The van der Waals surface area contributed by atoms with Crippen molar-refractivity contribution in [3.05, 3.63) is 69.6 Å². The van der Waals surface area contributed by atoms with Crippen LogP contribution in [0.5, 0.6) is 0 Å². The van der Waals surface area contributed by atoms with Crippen LogP contribution in [0.3, 0.4) is 0 Å². The van der Waals surface area contributed by atoms with E-state index in [1.54, 1.807) is 36.4 Å². The molecule has 3 heterocycles. The molecule has 118 valence electrons. The van der Waals surface area contributed by atoms with E-state index in [-0.39, 0.29) is 22.7 Å². The van der Waals surface area contributed by atoms with Crippen LogP contribution in [0.2, 0.25) is 0 Å². The number of anilines is 1. The van der Waals surface area contributed by atoms with E-state index in [4.69, 9.17) is 10.2 Å². The number of nitrogens with zero attached hydrogens (tertiary/aromatic N) is 3. The lowest BCUT2D eigenvalue weighted by Gasteiger charge is -2.10. The van der Waals surface area contributed by atoms with E-state index < -0.39 is 11.2 Å². The summed E-state index contributed by atoms with van der Waals surface area (Å²) in [6.45, 7) is 0. The highest BCUT2D eigenvalue weighted by Crippen LogP contribution is 2.20. The van der Waals surface area contributed by atoms with Crippen LogP contribution in [0, 0.1) is 0 Å². The molecule has 0 fully saturated rings. The van der Waals surface area contributed by atoms with Crippen molar-refractivity contribution in [3.8, 4) is 17.3 Å². The van der Waals surface area contributed by atoms with Crippen LogP contribution in [0.15, 0.2) is 62.7 Å². The van der Waals surface area contributed by atoms with Gasteiger partial charge >= 0.3 is 5.69 Å². The fourth-order valence-electron chi connectivity index (χ4n) is 2.46. The van der Waals surface area contributed by atoms with Gasteiger partial charge in [0.15, 0.2) is 17.1 Å². The second-order valence-electron chi connectivity index (χ2n) is 5.04. The predicted octanol–water partition coefficient (Wildman–Crippen LogP) is 1.31. The van der Waals surface area contributed by atoms with Crippen molar-refractivity contribution in [3.63, 3.8) is 0 Å². The maximum Gasteiger partial charge on any atom is 0.354 e. The smallest absolute Gasteiger partial charge is 0.354 e. The molecule has 0 aliphatic rings. The summed E-state index contributed by atoms with van der Waals surface area (Å²) in [5.74, 6) is 0.630. The molecule has 4 rings (SSSR count). The number of rotatable bonds is 2. The van der Waals surface area contributed by atoms with Crippen molar-refractivity contribution in [1.82, 2.24) is 19.5 Å². The van der Waals surface area contributed by atoms with Gasteiger partial charge in [-0.2, -0.15) is 4.98 Å². The molecule has 0 atom stereocenters. The number of furan rings is 1. The Labute approximate surface area is 134 Å². The average Bonchev–Trinajstić information content (AvgIpc) is 3.11. The SMILES string of the molecule is Nc1c2nc(-c3ccco3)[nH]c(=O)c2nc(=O)n1-c1ccccc1. The molecule has 0 aliphatic heterocycles. The molecular weight excluding hydrogens is 310 g/mol. The summed E-state index contributed by atoms with van der Waals surface area (Å²) in [5, 5.41) is 0. The quantitative estimate of drug-likeness (QED) is 0.574. The largest absolute Gasteiger partial charge is 0.461 e. The third-order valence-electron chi connectivity index (χ3n) is 3.55. The molecule has 8 heteroatoms. The summed E-state index contributed by atoms with van der Waals surface area (Å²) in [6, 6.07) is 12.1. The van der Waals surface area contributed by atoms with Gasteiger partial charge in [0.05, 0.1) is 12.0 Å². The first-order chi connectivity index (χ1) is 11.6. The summed E-state index contributed by atoms with van der Waals surface area (Å²) in [7, 11) is 0. The number of para-hydroxylation sites is 1. The molecule has 4 aromatic rings. The van der Waals surface area contributed by atoms with Gasteiger partial charge in [-0.25, -0.2) is 14.3 Å². The Morgan fingerprint density at radius 2 is 1.79 bits per heavy atom. The first kappa shape index (κ1) is 13.9. The minimum atomic E-state index is -0.649. The molecule has 0 aliphatic carbocycles. The molecule has 24 heavy (non-hydrogen) atoms. The van der Waals surface area contributed by atoms with E-state index in [9.17, 15) is 9.59 Å². The number of fused-ring (bicyclic) bond motifs is 1. The molecule has 1 aromatic carbocycles. The molecule has 0 bridgehead atoms. The summed E-state index contributed by atoms with van der Waals surface area (Å²) >= 11 is 0. The number of nitrogens with one attached hydrogen (secondary N) is 1. The minimum absolute atomic E-state index is 0.0371. The molecule has 3 aromatic heterocycles. The number of nitrogens with two attached hydrogens (primary N) is 1. The van der Waals surface area contributed by atoms with Crippen molar-refractivity contribution < 1.29 is 4.42 Å². The second-order valence-corrected chi connectivity index (χ2v) is 5.04. The standard InChI is InChI=1S/C16H11N5O3/c17-13-11-12(15(22)20-14(18-11)10-7-4-8-24-10)19-16(23)21(13)9-5-2-1-3-6-9/h1-8H,17H2,(H,18,20,22). The zero-order valence-electron chi connectivity index (χ0n) is 12.3. The van der Waals surface area contributed by atoms with Crippen molar-refractivity contribution in [2.75, 3.05) is 5.73 Å². The second kappa shape index (κ2) is 5.20. The number of aromatic nitrogens is 4. The third-order valence-corrected chi connectivity index (χ3v) is 3.55. The average molecular weight is 321 g/mol. The Hall–Kier alpha value is -3.68. The van der Waals surface area contributed by atoms with Crippen LogP contribution < -0.4 is 17.0 Å². The Morgan fingerprint density at radius 3 is 2.50 bits per heavy atom. The normalized spacial score (nSPS) is 11.0. The predicted molar refractivity (Wildman–Crippen MR) is 87.9 cm³/mol. The minimum Gasteiger partial charge on any atom is -0.461 e. The number of hydrogen-bond donors (Lipinski definition) is 2. The van der Waals surface area contributed by atoms with Crippen LogP contribution in [0.4, 0.5) is 5.82 Å². The van der Waals surface area contributed by atoms with Gasteiger partial charge in [-0.3, -0.25) is 4.79 Å². The Kier molecular flexibility index (Phi) is 3.02. The van der Waals surface area contributed by atoms with Gasteiger partial charge < -0.3 is 15.1 Å². The number of hydrogen-bond acceptors (Lipinski definition) is 6. The zero-order chi connectivity index (χ0) is 16.7. The van der Waals surface area contributed by atoms with E-state index in [0.717, 1.165) is 0 Å². The van der Waals surface area contributed by atoms with Gasteiger partial charge in [0.1, 0.15) is 11.3 Å². The molecule has 0 unspecified atom stereocenters. The highest BCUT2D eigenvalue weighted by atomic mass is 16.3. The fraction of sp³-hybridized carbons (Fsp3) is 0. The van der Waals surface area contributed by atoms with E-state index >= 15 is 0 Å². The molecule has 0 saturated heterocycles. The van der Waals surface area contributed by atoms with E-state index in [2.05, 4.69) is 15.0 Å². The summed E-state index contributed by atoms with van der Waals surface area (Å²) < 4.78 is 6.45. The maximum absolute atomic E-state index is 12.3. The Balaban J connectivity index is 2.08. The molecule has 0 saturated carbocycles. The van der Waals surface area contributed by atoms with Gasteiger partial charge in [-0.15, -0.1) is 0 Å².